The normalized spacial score (nSPS) is 10.2. The van der Waals surface area contributed by atoms with Crippen molar-refractivity contribution in [3.05, 3.63) is 70.4 Å². The van der Waals surface area contributed by atoms with Gasteiger partial charge >= 0.3 is 0 Å². The molecule has 0 fully saturated rings. The zero-order valence-corrected chi connectivity index (χ0v) is 16.3. The zero-order chi connectivity index (χ0) is 19.9. The molecule has 3 aromatic rings. The first-order chi connectivity index (χ1) is 13.6. The molecule has 3 rings (SSSR count). The molecule has 144 valence electrons. The third-order valence-corrected chi connectivity index (χ3v) is 4.86. The van der Waals surface area contributed by atoms with Crippen LogP contribution in [0.3, 0.4) is 0 Å². The molecule has 2 amide bonds. The van der Waals surface area contributed by atoms with Gasteiger partial charge in [0.1, 0.15) is 11.5 Å². The van der Waals surface area contributed by atoms with Crippen molar-refractivity contribution in [2.75, 3.05) is 24.9 Å². The molecule has 7 heteroatoms. The predicted molar refractivity (Wildman–Crippen MR) is 111 cm³/mol. The van der Waals surface area contributed by atoms with Gasteiger partial charge in [-0.05, 0) is 47.8 Å². The van der Waals surface area contributed by atoms with Gasteiger partial charge in [0.15, 0.2) is 0 Å². The molecule has 0 aliphatic heterocycles. The van der Waals surface area contributed by atoms with Crippen molar-refractivity contribution in [1.29, 1.82) is 0 Å². The van der Waals surface area contributed by atoms with Crippen LogP contribution in [0.25, 0.3) is 0 Å². The fourth-order valence-electron chi connectivity index (χ4n) is 2.67. The van der Waals surface area contributed by atoms with Crippen LogP contribution in [-0.4, -0.2) is 26.0 Å². The number of nitrogens with one attached hydrogen (secondary N) is 2. The molecule has 0 bridgehead atoms. The van der Waals surface area contributed by atoms with Crippen molar-refractivity contribution in [1.82, 2.24) is 0 Å². The summed E-state index contributed by atoms with van der Waals surface area (Å²) in [4.78, 5) is 25.3. The summed E-state index contributed by atoms with van der Waals surface area (Å²) < 4.78 is 10.5. The number of hydrogen-bond acceptors (Lipinski definition) is 5. The van der Waals surface area contributed by atoms with Crippen molar-refractivity contribution in [2.45, 2.75) is 6.42 Å². The van der Waals surface area contributed by atoms with Gasteiger partial charge in [0.05, 0.1) is 25.5 Å². The Bertz CT molecular complexity index is 970. The van der Waals surface area contributed by atoms with E-state index in [1.165, 1.54) is 11.3 Å². The van der Waals surface area contributed by atoms with E-state index in [1.54, 1.807) is 62.8 Å². The molecule has 0 atom stereocenters. The first-order valence-electron chi connectivity index (χ1n) is 8.54. The molecular weight excluding hydrogens is 376 g/mol. The highest BCUT2D eigenvalue weighted by molar-refractivity contribution is 7.12. The van der Waals surface area contributed by atoms with Crippen molar-refractivity contribution < 1.29 is 19.1 Å². The van der Waals surface area contributed by atoms with Gasteiger partial charge in [-0.15, -0.1) is 11.3 Å². The van der Waals surface area contributed by atoms with Crippen LogP contribution in [0, 0.1) is 0 Å². The van der Waals surface area contributed by atoms with Crippen molar-refractivity contribution >= 4 is 34.5 Å². The number of carbonyl (C=O) groups is 2. The molecule has 2 aromatic carbocycles. The van der Waals surface area contributed by atoms with Crippen molar-refractivity contribution in [2.24, 2.45) is 0 Å². The minimum absolute atomic E-state index is 0.131. The first kappa shape index (κ1) is 19.4. The molecule has 0 saturated heterocycles. The Morgan fingerprint density at radius 3 is 2.39 bits per heavy atom. The van der Waals surface area contributed by atoms with Crippen LogP contribution in [0.2, 0.25) is 0 Å². The minimum Gasteiger partial charge on any atom is -0.497 e. The second-order valence-electron chi connectivity index (χ2n) is 5.91. The molecule has 0 aliphatic rings. The average Bonchev–Trinajstić information content (AvgIpc) is 3.23. The zero-order valence-electron chi connectivity index (χ0n) is 15.5. The van der Waals surface area contributed by atoms with Gasteiger partial charge in [-0.3, -0.25) is 9.59 Å². The number of anilines is 2. The Labute approximate surface area is 167 Å². The molecule has 0 radical (unpaired) electrons. The number of rotatable bonds is 7. The van der Waals surface area contributed by atoms with Crippen molar-refractivity contribution in [3.63, 3.8) is 0 Å². The van der Waals surface area contributed by atoms with E-state index < -0.39 is 0 Å². The van der Waals surface area contributed by atoms with Gasteiger partial charge < -0.3 is 20.1 Å². The second-order valence-corrected chi connectivity index (χ2v) is 6.86. The third-order valence-electron chi connectivity index (χ3n) is 3.99. The maximum atomic E-state index is 12.5. The van der Waals surface area contributed by atoms with E-state index in [9.17, 15) is 9.59 Å². The van der Waals surface area contributed by atoms with Crippen LogP contribution >= 0.6 is 11.3 Å². The monoisotopic (exact) mass is 396 g/mol. The molecular formula is C21H20N2O4S. The topological polar surface area (TPSA) is 76.7 Å². The Balaban J connectivity index is 1.67. The molecule has 2 N–H and O–H groups in total. The molecule has 1 heterocycles. The van der Waals surface area contributed by atoms with Gasteiger partial charge in [-0.25, -0.2) is 0 Å². The standard InChI is InChI=1S/C21H20N2O4S/c1-26-17-8-9-18(27-2)14(11-17)12-20(24)22-15-5-3-6-16(13-15)23-21(25)19-7-4-10-28-19/h3-11,13H,12H2,1-2H3,(H,22,24)(H,23,25). The number of ether oxygens (including phenoxy) is 2. The Hall–Kier alpha value is -3.32. The van der Waals surface area contributed by atoms with E-state index in [0.717, 1.165) is 5.56 Å². The highest BCUT2D eigenvalue weighted by Crippen LogP contribution is 2.25. The Kier molecular flexibility index (Phi) is 6.29. The van der Waals surface area contributed by atoms with Crippen molar-refractivity contribution in [3.8, 4) is 11.5 Å². The Morgan fingerprint density at radius 2 is 1.71 bits per heavy atom. The molecule has 0 unspecified atom stereocenters. The summed E-state index contributed by atoms with van der Waals surface area (Å²) in [6, 6.07) is 15.9. The summed E-state index contributed by atoms with van der Waals surface area (Å²) in [5.74, 6) is 0.891. The average molecular weight is 396 g/mol. The summed E-state index contributed by atoms with van der Waals surface area (Å²) in [6.07, 6.45) is 0.131. The lowest BCUT2D eigenvalue weighted by Gasteiger charge is -2.11. The molecule has 1 aromatic heterocycles. The Morgan fingerprint density at radius 1 is 0.929 bits per heavy atom. The smallest absolute Gasteiger partial charge is 0.265 e. The molecule has 0 spiro atoms. The van der Waals surface area contributed by atoms with Crippen LogP contribution < -0.4 is 20.1 Å². The number of methoxy groups -OCH3 is 2. The predicted octanol–water partition coefficient (Wildman–Crippen LogP) is 4.20. The largest absolute Gasteiger partial charge is 0.497 e. The summed E-state index contributed by atoms with van der Waals surface area (Å²) in [7, 11) is 3.13. The molecule has 0 aliphatic carbocycles. The fourth-order valence-corrected chi connectivity index (χ4v) is 3.29. The lowest BCUT2D eigenvalue weighted by Crippen LogP contribution is -2.15. The minimum atomic E-state index is -0.201. The van der Waals surface area contributed by atoms with Gasteiger partial charge in [-0.1, -0.05) is 12.1 Å². The lowest BCUT2D eigenvalue weighted by atomic mass is 10.1. The molecule has 28 heavy (non-hydrogen) atoms. The van der Waals surface area contributed by atoms with Crippen LogP contribution in [0.15, 0.2) is 60.0 Å². The number of hydrogen-bond donors (Lipinski definition) is 2. The van der Waals surface area contributed by atoms with Gasteiger partial charge in [0, 0.05) is 16.9 Å². The molecule has 6 nitrogen and oxygen atoms in total. The van der Waals surface area contributed by atoms with Gasteiger partial charge in [0.25, 0.3) is 5.91 Å². The second kappa shape index (κ2) is 9.05. The SMILES string of the molecule is COc1ccc(OC)c(CC(=O)Nc2cccc(NC(=O)c3cccs3)c2)c1. The summed E-state index contributed by atoms with van der Waals surface area (Å²) >= 11 is 1.37. The number of carbonyl (C=O) groups excluding carboxylic acids is 2. The van der Waals surface area contributed by atoms with E-state index in [-0.39, 0.29) is 18.2 Å². The van der Waals surface area contributed by atoms with E-state index in [0.29, 0.717) is 27.8 Å². The van der Waals surface area contributed by atoms with E-state index in [2.05, 4.69) is 10.6 Å². The number of amides is 2. The van der Waals surface area contributed by atoms with Gasteiger partial charge in [-0.2, -0.15) is 0 Å². The van der Waals surface area contributed by atoms with E-state index in [4.69, 9.17) is 9.47 Å². The number of benzene rings is 2. The summed E-state index contributed by atoms with van der Waals surface area (Å²) in [5, 5.41) is 7.51. The van der Waals surface area contributed by atoms with Crippen LogP contribution in [0.5, 0.6) is 11.5 Å². The maximum absolute atomic E-state index is 12.5. The summed E-state index contributed by atoms with van der Waals surface area (Å²) in [5.41, 5.74) is 1.92. The van der Waals surface area contributed by atoms with Crippen LogP contribution in [0.4, 0.5) is 11.4 Å². The highest BCUT2D eigenvalue weighted by Gasteiger charge is 2.12. The lowest BCUT2D eigenvalue weighted by molar-refractivity contribution is -0.115. The fraction of sp³-hybridized carbons (Fsp3) is 0.143. The van der Waals surface area contributed by atoms with E-state index >= 15 is 0 Å². The summed E-state index contributed by atoms with van der Waals surface area (Å²) in [6.45, 7) is 0. The third kappa shape index (κ3) is 4.89. The van der Waals surface area contributed by atoms with Crippen LogP contribution in [-0.2, 0) is 11.2 Å². The van der Waals surface area contributed by atoms with Crippen LogP contribution in [0.1, 0.15) is 15.2 Å². The van der Waals surface area contributed by atoms with Gasteiger partial charge in [0.2, 0.25) is 5.91 Å². The quantitative estimate of drug-likeness (QED) is 0.628. The maximum Gasteiger partial charge on any atom is 0.265 e. The van der Waals surface area contributed by atoms with E-state index in [1.807, 2.05) is 11.4 Å². The first-order valence-corrected chi connectivity index (χ1v) is 9.42. The highest BCUT2D eigenvalue weighted by atomic mass is 32.1. The number of thiophene rings is 1. The molecule has 0 saturated carbocycles.